The largest absolute Gasteiger partial charge is 0.323 e. The average Bonchev–Trinajstić information content (AvgIpc) is 3.02. The van der Waals surface area contributed by atoms with E-state index in [0.717, 1.165) is 22.6 Å². The van der Waals surface area contributed by atoms with E-state index in [1.54, 1.807) is 11.3 Å². The van der Waals surface area contributed by atoms with Gasteiger partial charge in [0.15, 0.2) is 4.77 Å². The molecule has 4 rings (SSSR count). The Morgan fingerprint density at radius 2 is 2.28 bits per heavy atom. The standard InChI is InChI=1S/C13H14N2OS2/c16-12-9-3-4-18-11(9)14-13(17)15(12)10-6-7-1-2-8(10)5-7/h3-4,7-8,10H,1-2,5-6H2,(H,14,17)/t7-,8-,10-/m0/s1. The molecule has 2 bridgehead atoms. The van der Waals surface area contributed by atoms with E-state index >= 15 is 0 Å². The fraction of sp³-hybridized carbons (Fsp3) is 0.538. The third-order valence-electron chi connectivity index (χ3n) is 4.59. The van der Waals surface area contributed by atoms with E-state index in [4.69, 9.17) is 12.2 Å². The van der Waals surface area contributed by atoms with Gasteiger partial charge in [0.2, 0.25) is 0 Å². The minimum atomic E-state index is 0.104. The lowest BCUT2D eigenvalue weighted by molar-refractivity contribution is 0.319. The number of rotatable bonds is 1. The summed E-state index contributed by atoms with van der Waals surface area (Å²) in [7, 11) is 0. The molecule has 2 aromatic heterocycles. The fourth-order valence-electron chi connectivity index (χ4n) is 3.78. The maximum absolute atomic E-state index is 12.6. The van der Waals surface area contributed by atoms with Crippen LogP contribution in [-0.4, -0.2) is 9.55 Å². The van der Waals surface area contributed by atoms with Gasteiger partial charge in [-0.25, -0.2) is 0 Å². The first-order valence-corrected chi connectivity index (χ1v) is 7.75. The van der Waals surface area contributed by atoms with Gasteiger partial charge in [-0.05, 0) is 54.8 Å². The van der Waals surface area contributed by atoms with Crippen LogP contribution in [0.4, 0.5) is 0 Å². The second-order valence-electron chi connectivity index (χ2n) is 5.51. The molecule has 0 radical (unpaired) electrons. The van der Waals surface area contributed by atoms with Gasteiger partial charge in [-0.1, -0.05) is 6.42 Å². The van der Waals surface area contributed by atoms with Crippen molar-refractivity contribution in [3.05, 3.63) is 26.6 Å². The number of fused-ring (bicyclic) bond motifs is 3. The summed E-state index contributed by atoms with van der Waals surface area (Å²) >= 11 is 6.95. The number of H-pyrrole nitrogens is 1. The summed E-state index contributed by atoms with van der Waals surface area (Å²) in [5, 5.41) is 2.74. The van der Waals surface area contributed by atoms with Crippen LogP contribution in [-0.2, 0) is 0 Å². The Morgan fingerprint density at radius 1 is 1.39 bits per heavy atom. The highest BCUT2D eigenvalue weighted by Gasteiger charge is 2.41. The van der Waals surface area contributed by atoms with Gasteiger partial charge in [0.25, 0.3) is 5.56 Å². The molecule has 3 nitrogen and oxygen atoms in total. The van der Waals surface area contributed by atoms with Crippen molar-refractivity contribution < 1.29 is 0 Å². The molecule has 0 saturated heterocycles. The Labute approximate surface area is 113 Å². The van der Waals surface area contributed by atoms with Crippen molar-refractivity contribution in [1.29, 1.82) is 0 Å². The molecule has 0 spiro atoms. The molecule has 0 amide bonds. The number of aromatic amines is 1. The Balaban J connectivity index is 1.95. The molecule has 2 aliphatic rings. The monoisotopic (exact) mass is 278 g/mol. The zero-order valence-corrected chi connectivity index (χ0v) is 11.5. The van der Waals surface area contributed by atoms with Crippen LogP contribution in [0.1, 0.15) is 31.7 Å². The highest BCUT2D eigenvalue weighted by atomic mass is 32.1. The molecule has 2 saturated carbocycles. The molecule has 94 valence electrons. The Bertz CT molecular complexity index is 726. The van der Waals surface area contributed by atoms with Crippen LogP contribution in [0.25, 0.3) is 10.2 Å². The van der Waals surface area contributed by atoms with Gasteiger partial charge in [-0.3, -0.25) is 9.36 Å². The zero-order chi connectivity index (χ0) is 12.3. The first kappa shape index (κ1) is 10.9. The van der Waals surface area contributed by atoms with Crippen molar-refractivity contribution in [3.8, 4) is 0 Å². The summed E-state index contributed by atoms with van der Waals surface area (Å²) in [5.74, 6) is 1.48. The molecule has 2 aliphatic carbocycles. The second-order valence-corrected chi connectivity index (χ2v) is 6.81. The smallest absolute Gasteiger partial charge is 0.263 e. The number of hydrogen-bond donors (Lipinski definition) is 1. The second kappa shape index (κ2) is 3.78. The molecule has 5 heteroatoms. The van der Waals surface area contributed by atoms with Crippen molar-refractivity contribution >= 4 is 33.8 Å². The van der Waals surface area contributed by atoms with Crippen LogP contribution >= 0.6 is 23.6 Å². The van der Waals surface area contributed by atoms with Gasteiger partial charge in [0.1, 0.15) is 4.83 Å². The van der Waals surface area contributed by atoms with Crippen LogP contribution in [0, 0.1) is 16.6 Å². The highest BCUT2D eigenvalue weighted by molar-refractivity contribution is 7.71. The third-order valence-corrected chi connectivity index (χ3v) is 5.71. The molecule has 18 heavy (non-hydrogen) atoms. The van der Waals surface area contributed by atoms with Crippen molar-refractivity contribution in [1.82, 2.24) is 9.55 Å². The lowest BCUT2D eigenvalue weighted by Gasteiger charge is -2.23. The summed E-state index contributed by atoms with van der Waals surface area (Å²) in [6.45, 7) is 0. The molecule has 2 fully saturated rings. The number of hydrogen-bond acceptors (Lipinski definition) is 3. The molecule has 0 aliphatic heterocycles. The van der Waals surface area contributed by atoms with Gasteiger partial charge in [-0.2, -0.15) is 0 Å². The Hall–Kier alpha value is -0.940. The molecule has 2 aromatic rings. The van der Waals surface area contributed by atoms with E-state index < -0.39 is 0 Å². The van der Waals surface area contributed by atoms with Crippen LogP contribution in [0.15, 0.2) is 16.2 Å². The van der Waals surface area contributed by atoms with Crippen LogP contribution in [0.3, 0.4) is 0 Å². The van der Waals surface area contributed by atoms with E-state index in [-0.39, 0.29) is 5.56 Å². The summed E-state index contributed by atoms with van der Waals surface area (Å²) < 4.78 is 2.46. The van der Waals surface area contributed by atoms with Crippen LogP contribution in [0.2, 0.25) is 0 Å². The zero-order valence-electron chi connectivity index (χ0n) is 9.89. The summed E-state index contributed by atoms with van der Waals surface area (Å²) in [4.78, 5) is 16.7. The Morgan fingerprint density at radius 3 is 3.00 bits per heavy atom. The van der Waals surface area contributed by atoms with Gasteiger partial charge in [0, 0.05) is 6.04 Å². The van der Waals surface area contributed by atoms with E-state index in [0.29, 0.717) is 16.7 Å². The van der Waals surface area contributed by atoms with Crippen molar-refractivity contribution in [2.45, 2.75) is 31.7 Å². The van der Waals surface area contributed by atoms with Crippen LogP contribution in [0.5, 0.6) is 0 Å². The molecule has 2 heterocycles. The first-order valence-electron chi connectivity index (χ1n) is 6.46. The average molecular weight is 278 g/mol. The van der Waals surface area contributed by atoms with Gasteiger partial charge < -0.3 is 4.98 Å². The predicted molar refractivity (Wildman–Crippen MR) is 75.8 cm³/mol. The van der Waals surface area contributed by atoms with Crippen LogP contribution < -0.4 is 5.56 Å². The number of aromatic nitrogens is 2. The maximum Gasteiger partial charge on any atom is 0.263 e. The summed E-state index contributed by atoms with van der Waals surface area (Å²) in [6.07, 6.45) is 5.02. The Kier molecular flexibility index (Phi) is 2.29. The maximum atomic E-state index is 12.6. The highest BCUT2D eigenvalue weighted by Crippen LogP contribution is 2.50. The predicted octanol–water partition coefficient (Wildman–Crippen LogP) is 3.48. The van der Waals surface area contributed by atoms with Gasteiger partial charge in [-0.15, -0.1) is 11.3 Å². The number of nitrogens with one attached hydrogen (secondary N) is 1. The fourth-order valence-corrected chi connectivity index (χ4v) is 4.95. The SMILES string of the molecule is O=c1c2ccsc2[nH]c(=S)n1[C@H]1C[C@H]2CC[C@H]1C2. The van der Waals surface area contributed by atoms with E-state index in [9.17, 15) is 4.79 Å². The molecular formula is C13H14N2OS2. The topological polar surface area (TPSA) is 37.8 Å². The molecule has 0 unspecified atom stereocenters. The van der Waals surface area contributed by atoms with E-state index in [1.807, 2.05) is 16.0 Å². The molecule has 3 atom stereocenters. The molecule has 1 N–H and O–H groups in total. The number of thiophene rings is 1. The summed E-state index contributed by atoms with van der Waals surface area (Å²) in [5.41, 5.74) is 0.104. The van der Waals surface area contributed by atoms with E-state index in [2.05, 4.69) is 4.98 Å². The van der Waals surface area contributed by atoms with Crippen molar-refractivity contribution in [2.24, 2.45) is 11.8 Å². The molecule has 0 aromatic carbocycles. The minimum Gasteiger partial charge on any atom is -0.323 e. The van der Waals surface area contributed by atoms with Gasteiger partial charge >= 0.3 is 0 Å². The normalized spacial score (nSPS) is 30.3. The first-order chi connectivity index (χ1) is 8.74. The quantitative estimate of drug-likeness (QED) is 0.811. The molecular weight excluding hydrogens is 264 g/mol. The van der Waals surface area contributed by atoms with Crippen molar-refractivity contribution in [3.63, 3.8) is 0 Å². The van der Waals surface area contributed by atoms with E-state index in [1.165, 1.54) is 19.3 Å². The van der Waals surface area contributed by atoms with Gasteiger partial charge in [0.05, 0.1) is 5.39 Å². The summed E-state index contributed by atoms with van der Waals surface area (Å²) in [6, 6.07) is 2.24. The third kappa shape index (κ3) is 1.40. The lowest BCUT2D eigenvalue weighted by Crippen LogP contribution is -2.29. The lowest BCUT2D eigenvalue weighted by atomic mass is 9.95. The minimum absolute atomic E-state index is 0.104. The number of nitrogens with zero attached hydrogens (tertiary/aromatic N) is 1. The van der Waals surface area contributed by atoms with Crippen molar-refractivity contribution in [2.75, 3.05) is 0 Å².